The molecule has 2 aromatic heterocycles. The first-order chi connectivity index (χ1) is 19.6. The van der Waals surface area contributed by atoms with Crippen LogP contribution >= 0.6 is 0 Å². The number of rotatable bonds is 7. The lowest BCUT2D eigenvalue weighted by Crippen LogP contribution is -2.45. The Hall–Kier alpha value is -4.29. The van der Waals surface area contributed by atoms with Crippen molar-refractivity contribution >= 4 is 28.8 Å². The fourth-order valence-electron chi connectivity index (χ4n) is 4.83. The van der Waals surface area contributed by atoms with Crippen LogP contribution in [0.2, 0.25) is 0 Å². The van der Waals surface area contributed by atoms with Crippen LogP contribution in [0, 0.1) is 6.92 Å². The van der Waals surface area contributed by atoms with Gasteiger partial charge in [-0.1, -0.05) is 19.1 Å². The fourth-order valence-corrected chi connectivity index (χ4v) is 4.83. The Bertz CT molecular complexity index is 1580. The van der Waals surface area contributed by atoms with Gasteiger partial charge in [0.15, 0.2) is 11.3 Å². The van der Waals surface area contributed by atoms with E-state index in [9.17, 15) is 22.8 Å². The molecular formula is C29H30F3N7O2. The van der Waals surface area contributed by atoms with E-state index in [0.29, 0.717) is 30.0 Å². The van der Waals surface area contributed by atoms with Gasteiger partial charge in [0.2, 0.25) is 0 Å². The molecule has 1 aliphatic heterocycles. The molecule has 0 aliphatic carbocycles. The minimum Gasteiger partial charge on any atom is -0.322 e. The molecule has 2 aromatic carbocycles. The second-order valence-electron chi connectivity index (χ2n) is 9.96. The number of aryl methyl sites for hydroxylation is 1. The summed E-state index contributed by atoms with van der Waals surface area (Å²) in [6.45, 7) is 7.97. The third-order valence-electron chi connectivity index (χ3n) is 7.24. The van der Waals surface area contributed by atoms with E-state index in [1.54, 1.807) is 31.2 Å². The number of imidazole rings is 1. The van der Waals surface area contributed by atoms with Crippen LogP contribution in [0.5, 0.6) is 0 Å². The molecule has 0 radical (unpaired) electrons. The first kappa shape index (κ1) is 28.2. The maximum absolute atomic E-state index is 14.0. The van der Waals surface area contributed by atoms with Gasteiger partial charge in [0.1, 0.15) is 0 Å². The summed E-state index contributed by atoms with van der Waals surface area (Å²) in [4.78, 5) is 34.4. The van der Waals surface area contributed by atoms with Crippen molar-refractivity contribution in [3.8, 4) is 0 Å². The quantitative estimate of drug-likeness (QED) is 0.338. The van der Waals surface area contributed by atoms with Gasteiger partial charge in [-0.3, -0.25) is 14.5 Å². The zero-order valence-corrected chi connectivity index (χ0v) is 22.7. The summed E-state index contributed by atoms with van der Waals surface area (Å²) in [7, 11) is 0. The van der Waals surface area contributed by atoms with Crippen LogP contribution in [-0.2, 0) is 12.7 Å². The highest BCUT2D eigenvalue weighted by Gasteiger charge is 2.34. The number of carbonyl (C=O) groups is 2. The maximum Gasteiger partial charge on any atom is 0.416 e. The highest BCUT2D eigenvalue weighted by atomic mass is 19.4. The number of aromatic nitrogens is 3. The third-order valence-corrected chi connectivity index (χ3v) is 7.24. The third kappa shape index (κ3) is 6.39. The van der Waals surface area contributed by atoms with Crippen LogP contribution in [0.3, 0.4) is 0 Å². The first-order valence-electron chi connectivity index (χ1n) is 13.3. The highest BCUT2D eigenvalue weighted by Crippen LogP contribution is 2.35. The van der Waals surface area contributed by atoms with Crippen LogP contribution in [-0.4, -0.2) is 68.9 Å². The summed E-state index contributed by atoms with van der Waals surface area (Å²) in [6, 6.07) is 12.0. The molecule has 12 heteroatoms. The average molecular weight is 566 g/mol. The Morgan fingerprint density at radius 3 is 2.44 bits per heavy atom. The van der Waals surface area contributed by atoms with Gasteiger partial charge in [-0.15, -0.1) is 0 Å². The Kier molecular flexibility index (Phi) is 8.04. The van der Waals surface area contributed by atoms with E-state index in [-0.39, 0.29) is 29.1 Å². The van der Waals surface area contributed by atoms with Crippen LogP contribution < -0.4 is 10.6 Å². The number of halogens is 3. The summed E-state index contributed by atoms with van der Waals surface area (Å²) in [5.41, 5.74) is 1.39. The van der Waals surface area contributed by atoms with Crippen LogP contribution in [0.1, 0.15) is 44.5 Å². The summed E-state index contributed by atoms with van der Waals surface area (Å²) in [6.07, 6.45) is -1.64. The molecule has 9 nitrogen and oxygen atoms in total. The topological polar surface area (TPSA) is 94.9 Å². The zero-order valence-electron chi connectivity index (χ0n) is 22.7. The molecular weight excluding hydrogens is 535 g/mol. The summed E-state index contributed by atoms with van der Waals surface area (Å²) < 4.78 is 43.4. The van der Waals surface area contributed by atoms with Crippen molar-refractivity contribution in [3.63, 3.8) is 0 Å². The Labute approximate surface area is 235 Å². The van der Waals surface area contributed by atoms with E-state index in [1.165, 1.54) is 35.1 Å². The van der Waals surface area contributed by atoms with Gasteiger partial charge in [0.05, 0.1) is 11.8 Å². The van der Waals surface area contributed by atoms with Crippen molar-refractivity contribution in [3.05, 3.63) is 88.9 Å². The number of piperazine rings is 1. The number of carbonyl (C=O) groups excluding carboxylic acids is 2. The number of nitrogens with one attached hydrogen (secondary N) is 2. The van der Waals surface area contributed by atoms with Crippen molar-refractivity contribution in [1.29, 1.82) is 0 Å². The minimum atomic E-state index is -4.57. The van der Waals surface area contributed by atoms with Gasteiger partial charge in [-0.25, -0.2) is 9.50 Å². The van der Waals surface area contributed by atoms with Gasteiger partial charge in [0.25, 0.3) is 11.8 Å². The normalized spacial score (nSPS) is 14.8. The van der Waals surface area contributed by atoms with Crippen molar-refractivity contribution in [2.45, 2.75) is 26.6 Å². The summed E-state index contributed by atoms with van der Waals surface area (Å²) in [5, 5.41) is 9.47. The lowest BCUT2D eigenvalue weighted by molar-refractivity contribution is -0.138. The number of amides is 2. The number of anilines is 2. The lowest BCUT2D eigenvalue weighted by Gasteiger charge is -2.34. The van der Waals surface area contributed by atoms with Crippen LogP contribution in [0.4, 0.5) is 24.5 Å². The summed E-state index contributed by atoms with van der Waals surface area (Å²) >= 11 is 0. The van der Waals surface area contributed by atoms with Gasteiger partial charge >= 0.3 is 6.18 Å². The lowest BCUT2D eigenvalue weighted by atomic mass is 10.0. The standard InChI is InChI=1S/C29H30F3N7O2/c1-3-37-11-13-38(14-12-37)18-21-8-9-22(16-23(21)29(30,31)32)35-27(40)20-7-6-19(2)24(15-20)36-28(41)25-17-33-26-5-4-10-34-39(25)26/h4-10,15-17H,3,11-14,18H2,1-2H3,(H,35,40)(H,36,41). The molecule has 2 N–H and O–H groups in total. The Morgan fingerprint density at radius 1 is 0.951 bits per heavy atom. The highest BCUT2D eigenvalue weighted by molar-refractivity contribution is 6.07. The van der Waals surface area contributed by atoms with E-state index < -0.39 is 23.6 Å². The molecule has 4 aromatic rings. The van der Waals surface area contributed by atoms with Crippen LogP contribution in [0.15, 0.2) is 60.9 Å². The van der Waals surface area contributed by atoms with E-state index >= 15 is 0 Å². The number of nitrogens with zero attached hydrogens (tertiary/aromatic N) is 5. The molecule has 0 bridgehead atoms. The smallest absolute Gasteiger partial charge is 0.322 e. The molecule has 3 heterocycles. The maximum atomic E-state index is 14.0. The number of benzene rings is 2. The average Bonchev–Trinajstić information content (AvgIpc) is 3.39. The monoisotopic (exact) mass is 565 g/mol. The molecule has 0 spiro atoms. The van der Waals surface area contributed by atoms with E-state index in [2.05, 4.69) is 32.5 Å². The molecule has 1 fully saturated rings. The molecule has 5 rings (SSSR count). The van der Waals surface area contributed by atoms with Crippen molar-refractivity contribution in [1.82, 2.24) is 24.4 Å². The fraction of sp³-hybridized carbons (Fsp3) is 0.310. The van der Waals surface area contributed by atoms with Crippen molar-refractivity contribution in [2.75, 3.05) is 43.4 Å². The van der Waals surface area contributed by atoms with Crippen molar-refractivity contribution < 1.29 is 22.8 Å². The number of hydrogen-bond donors (Lipinski definition) is 2. The molecule has 0 unspecified atom stereocenters. The number of hydrogen-bond acceptors (Lipinski definition) is 6. The minimum absolute atomic E-state index is 0.0323. The second-order valence-corrected chi connectivity index (χ2v) is 9.96. The molecule has 41 heavy (non-hydrogen) atoms. The Balaban J connectivity index is 1.31. The molecule has 214 valence electrons. The Morgan fingerprint density at radius 2 is 1.71 bits per heavy atom. The van der Waals surface area contributed by atoms with Gasteiger partial charge in [-0.2, -0.15) is 18.3 Å². The molecule has 1 saturated heterocycles. The molecule has 1 aliphatic rings. The number of likely N-dealkylation sites (N-methyl/N-ethyl adjacent to an activating group) is 1. The SMILES string of the molecule is CCN1CCN(Cc2ccc(NC(=O)c3ccc(C)c(NC(=O)c4cnc5cccnn45)c3)cc2C(F)(F)F)CC1. The van der Waals surface area contributed by atoms with Crippen molar-refractivity contribution in [2.24, 2.45) is 0 Å². The predicted molar refractivity (Wildman–Crippen MR) is 149 cm³/mol. The van der Waals surface area contributed by atoms with Gasteiger partial charge in [-0.05, 0) is 61.0 Å². The van der Waals surface area contributed by atoms with Gasteiger partial charge < -0.3 is 15.5 Å². The predicted octanol–water partition coefficient (Wildman–Crippen LogP) is 4.70. The van der Waals surface area contributed by atoms with Crippen LogP contribution in [0.25, 0.3) is 5.65 Å². The van der Waals surface area contributed by atoms with E-state index in [4.69, 9.17) is 0 Å². The van der Waals surface area contributed by atoms with E-state index in [0.717, 1.165) is 25.7 Å². The number of alkyl halides is 3. The summed E-state index contributed by atoms with van der Waals surface area (Å²) in [5.74, 6) is -1.08. The number of fused-ring (bicyclic) bond motifs is 1. The second kappa shape index (κ2) is 11.7. The largest absolute Gasteiger partial charge is 0.416 e. The van der Waals surface area contributed by atoms with E-state index in [1.807, 2.05) is 4.90 Å². The molecule has 2 amide bonds. The zero-order chi connectivity index (χ0) is 29.1. The molecule has 0 atom stereocenters. The van der Waals surface area contributed by atoms with Gasteiger partial charge in [0, 0.05) is 55.9 Å². The molecule has 0 saturated carbocycles. The first-order valence-corrected chi connectivity index (χ1v) is 13.3.